The van der Waals surface area contributed by atoms with Crippen molar-refractivity contribution in [3.63, 3.8) is 0 Å². The lowest BCUT2D eigenvalue weighted by Crippen LogP contribution is -2.08. The quantitative estimate of drug-likeness (QED) is 0.627. The zero-order valence-corrected chi connectivity index (χ0v) is 14.6. The van der Waals surface area contributed by atoms with E-state index >= 15 is 0 Å². The molecule has 1 aliphatic rings. The van der Waals surface area contributed by atoms with Gasteiger partial charge in [-0.15, -0.1) is 0 Å². The zero-order chi connectivity index (χ0) is 18.8. The van der Waals surface area contributed by atoms with E-state index in [-0.39, 0.29) is 34.8 Å². The van der Waals surface area contributed by atoms with Crippen molar-refractivity contribution in [3.8, 4) is 23.0 Å². The smallest absolute Gasteiger partial charge is 0.343 e. The molecule has 0 spiro atoms. The van der Waals surface area contributed by atoms with Gasteiger partial charge in [-0.05, 0) is 24.3 Å². The number of Topliss-reactive ketones (excluding diaryl/α,β-unsaturated/α-hetero) is 1. The van der Waals surface area contributed by atoms with E-state index in [0.29, 0.717) is 17.1 Å². The molecule has 2 aromatic rings. The molecule has 1 N–H and O–H groups in total. The molecule has 3 rings (SSSR count). The maximum absolute atomic E-state index is 12.6. The van der Waals surface area contributed by atoms with Gasteiger partial charge >= 0.3 is 5.97 Å². The zero-order valence-electron chi connectivity index (χ0n) is 14.6. The molecule has 0 aliphatic carbocycles. The van der Waals surface area contributed by atoms with Crippen molar-refractivity contribution in [2.75, 3.05) is 21.3 Å². The predicted octanol–water partition coefficient (Wildman–Crippen LogP) is 2.90. The fourth-order valence-electron chi connectivity index (χ4n) is 2.97. The molecule has 0 bridgehead atoms. The number of benzene rings is 2. The van der Waals surface area contributed by atoms with Crippen molar-refractivity contribution >= 4 is 11.8 Å². The van der Waals surface area contributed by atoms with Crippen LogP contribution >= 0.6 is 0 Å². The fourth-order valence-corrected chi connectivity index (χ4v) is 2.97. The number of ether oxygens (including phenoxy) is 4. The van der Waals surface area contributed by atoms with E-state index in [1.807, 2.05) is 0 Å². The fraction of sp³-hybridized carbons (Fsp3) is 0.263. The number of cyclic esters (lactones) is 1. The monoisotopic (exact) mass is 358 g/mol. The van der Waals surface area contributed by atoms with E-state index in [1.165, 1.54) is 33.5 Å². The van der Waals surface area contributed by atoms with Gasteiger partial charge in [0.05, 0.1) is 33.3 Å². The van der Waals surface area contributed by atoms with Crippen LogP contribution in [0.1, 0.15) is 38.8 Å². The highest BCUT2D eigenvalue weighted by Gasteiger charge is 2.37. The van der Waals surface area contributed by atoms with E-state index in [1.54, 1.807) is 18.2 Å². The first kappa shape index (κ1) is 17.6. The lowest BCUT2D eigenvalue weighted by atomic mass is 9.97. The van der Waals surface area contributed by atoms with Crippen LogP contribution in [0.2, 0.25) is 0 Å². The SMILES string of the molecule is COc1ccc(O)c(C(=O)C[C@@H]2OC(=O)c3c2ccc(OC)c3OC)c1. The van der Waals surface area contributed by atoms with Crippen LogP contribution in [0.25, 0.3) is 0 Å². The number of ketones is 1. The average Bonchev–Trinajstić information content (AvgIpc) is 2.96. The maximum Gasteiger partial charge on any atom is 0.343 e. The third-order valence-corrected chi connectivity index (χ3v) is 4.25. The molecule has 0 fully saturated rings. The number of hydrogen-bond acceptors (Lipinski definition) is 7. The number of carbonyl (C=O) groups excluding carboxylic acids is 2. The van der Waals surface area contributed by atoms with Crippen LogP contribution in [0.15, 0.2) is 30.3 Å². The molecular formula is C19H18O7. The molecule has 1 heterocycles. The minimum atomic E-state index is -0.768. The van der Waals surface area contributed by atoms with E-state index in [4.69, 9.17) is 18.9 Å². The lowest BCUT2D eigenvalue weighted by Gasteiger charge is -2.13. The van der Waals surface area contributed by atoms with Gasteiger partial charge in [-0.1, -0.05) is 6.07 Å². The molecule has 0 unspecified atom stereocenters. The lowest BCUT2D eigenvalue weighted by molar-refractivity contribution is 0.0365. The number of phenolic OH excluding ortho intramolecular Hbond substituents is 1. The molecule has 7 heteroatoms. The van der Waals surface area contributed by atoms with Crippen molar-refractivity contribution in [3.05, 3.63) is 47.0 Å². The summed E-state index contributed by atoms with van der Waals surface area (Å²) in [6.07, 6.45) is -0.884. The van der Waals surface area contributed by atoms with E-state index in [9.17, 15) is 14.7 Å². The molecule has 0 amide bonds. The Morgan fingerprint density at radius 1 is 1.12 bits per heavy atom. The number of rotatable bonds is 6. The predicted molar refractivity (Wildman–Crippen MR) is 91.3 cm³/mol. The van der Waals surface area contributed by atoms with Crippen molar-refractivity contribution < 1.29 is 33.6 Å². The van der Waals surface area contributed by atoms with Crippen LogP contribution < -0.4 is 14.2 Å². The summed E-state index contributed by atoms with van der Waals surface area (Å²) in [5.74, 6) is 0.00840. The normalized spacial score (nSPS) is 15.2. The first-order chi connectivity index (χ1) is 12.5. The number of phenols is 1. The van der Waals surface area contributed by atoms with Gasteiger partial charge in [0.25, 0.3) is 0 Å². The van der Waals surface area contributed by atoms with Crippen molar-refractivity contribution in [2.45, 2.75) is 12.5 Å². The van der Waals surface area contributed by atoms with Crippen LogP contribution in [0.5, 0.6) is 23.0 Å². The van der Waals surface area contributed by atoms with Gasteiger partial charge < -0.3 is 24.1 Å². The van der Waals surface area contributed by atoms with Gasteiger partial charge in [0.2, 0.25) is 0 Å². The van der Waals surface area contributed by atoms with E-state index in [0.717, 1.165) is 0 Å². The van der Waals surface area contributed by atoms with Gasteiger partial charge in [-0.3, -0.25) is 4.79 Å². The molecule has 2 aromatic carbocycles. The van der Waals surface area contributed by atoms with E-state index < -0.39 is 12.1 Å². The second-order valence-electron chi connectivity index (χ2n) is 5.67. The van der Waals surface area contributed by atoms with Crippen LogP contribution in [-0.4, -0.2) is 38.2 Å². The molecule has 136 valence electrons. The number of esters is 1. The molecule has 0 radical (unpaired) electrons. The highest BCUT2D eigenvalue weighted by molar-refractivity contribution is 6.02. The third-order valence-electron chi connectivity index (χ3n) is 4.25. The maximum atomic E-state index is 12.6. The number of carbonyl (C=O) groups is 2. The van der Waals surface area contributed by atoms with Crippen molar-refractivity contribution in [1.29, 1.82) is 0 Å². The number of hydrogen-bond donors (Lipinski definition) is 1. The van der Waals surface area contributed by atoms with Crippen molar-refractivity contribution in [1.82, 2.24) is 0 Å². The van der Waals surface area contributed by atoms with Gasteiger partial charge in [0, 0.05) is 5.56 Å². The standard InChI is InChI=1S/C19H18O7/c1-23-10-4-6-13(20)12(8-10)14(21)9-16-11-5-7-15(24-2)18(25-3)17(11)19(22)26-16/h4-8,16,20H,9H2,1-3H3/t16-/m0/s1. The molecule has 0 saturated heterocycles. The van der Waals surface area contributed by atoms with Crippen LogP contribution in [0.3, 0.4) is 0 Å². The van der Waals surface area contributed by atoms with Crippen LogP contribution in [0, 0.1) is 0 Å². The summed E-state index contributed by atoms with van der Waals surface area (Å²) < 4.78 is 20.9. The summed E-state index contributed by atoms with van der Waals surface area (Å²) in [7, 11) is 4.37. The molecule has 7 nitrogen and oxygen atoms in total. The number of aromatic hydroxyl groups is 1. The molecule has 1 atom stereocenters. The number of fused-ring (bicyclic) bond motifs is 1. The second-order valence-corrected chi connectivity index (χ2v) is 5.67. The Kier molecular flexibility index (Phi) is 4.71. The summed E-state index contributed by atoms with van der Waals surface area (Å²) in [4.78, 5) is 24.9. The highest BCUT2D eigenvalue weighted by atomic mass is 16.6. The molecular weight excluding hydrogens is 340 g/mol. The van der Waals surface area contributed by atoms with Crippen LogP contribution in [-0.2, 0) is 4.74 Å². The minimum absolute atomic E-state index is 0.106. The summed E-state index contributed by atoms with van der Waals surface area (Å²) in [5.41, 5.74) is 0.900. The van der Waals surface area contributed by atoms with Gasteiger partial charge in [-0.2, -0.15) is 0 Å². The summed E-state index contributed by atoms with van der Waals surface area (Å²) in [5, 5.41) is 9.95. The second kappa shape index (κ2) is 6.95. The Morgan fingerprint density at radius 3 is 2.54 bits per heavy atom. The summed E-state index contributed by atoms with van der Waals surface area (Å²) in [6.45, 7) is 0. The largest absolute Gasteiger partial charge is 0.507 e. The average molecular weight is 358 g/mol. The first-order valence-electron chi connectivity index (χ1n) is 7.86. The Bertz CT molecular complexity index is 872. The summed E-state index contributed by atoms with van der Waals surface area (Å²) >= 11 is 0. The Hall–Kier alpha value is -3.22. The van der Waals surface area contributed by atoms with Gasteiger partial charge in [0.1, 0.15) is 23.2 Å². The molecule has 0 saturated carbocycles. The summed E-state index contributed by atoms with van der Waals surface area (Å²) in [6, 6.07) is 7.71. The van der Waals surface area contributed by atoms with Crippen LogP contribution in [0.4, 0.5) is 0 Å². The molecule has 26 heavy (non-hydrogen) atoms. The minimum Gasteiger partial charge on any atom is -0.507 e. The highest BCUT2D eigenvalue weighted by Crippen LogP contribution is 2.43. The topological polar surface area (TPSA) is 91.3 Å². The van der Waals surface area contributed by atoms with Gasteiger partial charge in [0.15, 0.2) is 17.3 Å². The first-order valence-corrected chi connectivity index (χ1v) is 7.86. The van der Waals surface area contributed by atoms with Gasteiger partial charge in [-0.25, -0.2) is 4.79 Å². The molecule has 1 aliphatic heterocycles. The Labute approximate surface area is 150 Å². The number of methoxy groups -OCH3 is 3. The Balaban J connectivity index is 1.92. The van der Waals surface area contributed by atoms with E-state index in [2.05, 4.69) is 0 Å². The van der Waals surface area contributed by atoms with Crippen molar-refractivity contribution in [2.24, 2.45) is 0 Å². The Morgan fingerprint density at radius 2 is 1.88 bits per heavy atom. The molecule has 0 aromatic heterocycles. The third kappa shape index (κ3) is 2.92.